The highest BCUT2D eigenvalue weighted by Crippen LogP contribution is 2.90. The van der Waals surface area contributed by atoms with Crippen LogP contribution in [-0.2, 0) is 28.8 Å². The summed E-state index contributed by atoms with van der Waals surface area (Å²) in [7, 11) is 3.26. The van der Waals surface area contributed by atoms with Crippen molar-refractivity contribution < 1.29 is 28.8 Å². The molecule has 6 aliphatic carbocycles. The first-order valence-corrected chi connectivity index (χ1v) is 21.0. The van der Waals surface area contributed by atoms with Crippen molar-refractivity contribution in [1.82, 2.24) is 31.5 Å². The smallest absolute Gasteiger partial charge is 0.290 e. The number of piperidine rings is 1. The van der Waals surface area contributed by atoms with E-state index < -0.39 is 57.1 Å². The molecule has 13 heteroatoms. The number of aliphatic imine (C=N–C) groups is 1. The number of carbonyl (C=O) groups excluding carboxylic acids is 6. The van der Waals surface area contributed by atoms with Crippen molar-refractivity contribution in [2.75, 3.05) is 14.1 Å². The van der Waals surface area contributed by atoms with Gasteiger partial charge in [0.1, 0.15) is 28.4 Å². The molecule has 6 saturated carbocycles. The van der Waals surface area contributed by atoms with Crippen LogP contribution in [0.3, 0.4) is 0 Å². The van der Waals surface area contributed by atoms with E-state index >= 15 is 9.59 Å². The average Bonchev–Trinajstić information content (AvgIpc) is 3.99. The van der Waals surface area contributed by atoms with Gasteiger partial charge in [0.25, 0.3) is 11.8 Å². The van der Waals surface area contributed by atoms with Crippen molar-refractivity contribution in [3.8, 4) is 0 Å². The minimum Gasteiger partial charge on any atom is -0.384 e. The van der Waals surface area contributed by atoms with Gasteiger partial charge in [-0.3, -0.25) is 33.8 Å². The zero-order valence-corrected chi connectivity index (χ0v) is 33.7. The molecular weight excluding hydrogens is 699 g/mol. The summed E-state index contributed by atoms with van der Waals surface area (Å²) in [6, 6.07) is -0.861. The second kappa shape index (κ2) is 12.6. The first-order chi connectivity index (χ1) is 26.0. The Morgan fingerprint density at radius 3 is 2.25 bits per heavy atom. The minimum atomic E-state index is -1.41. The van der Waals surface area contributed by atoms with Crippen LogP contribution in [0.4, 0.5) is 0 Å². The highest BCUT2D eigenvalue weighted by molar-refractivity contribution is 6.41. The van der Waals surface area contributed by atoms with Crippen molar-refractivity contribution in [3.05, 3.63) is 11.8 Å². The molecular formula is C42H61N7O6. The summed E-state index contributed by atoms with van der Waals surface area (Å²) in [5, 5.41) is 15.2. The monoisotopic (exact) mass is 759 g/mol. The molecule has 2 aliphatic heterocycles. The molecule has 8 fully saturated rings. The summed E-state index contributed by atoms with van der Waals surface area (Å²) >= 11 is 0. The average molecular weight is 760 g/mol. The minimum absolute atomic E-state index is 0.0119. The van der Waals surface area contributed by atoms with Crippen LogP contribution in [0.5, 0.6) is 0 Å². The molecule has 13 nitrogen and oxygen atoms in total. The number of nitrogens with zero attached hydrogens (tertiary/aromatic N) is 2. The molecule has 2 heterocycles. The fourth-order valence-corrected chi connectivity index (χ4v) is 12.9. The van der Waals surface area contributed by atoms with Gasteiger partial charge in [-0.05, 0) is 107 Å². The maximum Gasteiger partial charge on any atom is 0.290 e. The third-order valence-electron chi connectivity index (χ3n) is 16.3. The predicted molar refractivity (Wildman–Crippen MR) is 205 cm³/mol. The Balaban J connectivity index is 1.13. The molecule has 0 aromatic rings. The molecule has 8 rings (SSSR count). The molecule has 2 spiro atoms. The number of nitrogens with one attached hydrogen (secondary N) is 5. The molecule has 5 amide bonds. The number of ketones is 1. The normalized spacial score (nSPS) is 41.3. The molecule has 2 saturated heterocycles. The van der Waals surface area contributed by atoms with E-state index in [0.717, 1.165) is 64.2 Å². The Kier molecular flexibility index (Phi) is 8.74. The molecule has 8 aliphatic rings. The quantitative estimate of drug-likeness (QED) is 0.109. The fraction of sp³-hybridized carbons (Fsp3) is 0.786. The molecule has 0 aromatic heterocycles. The van der Waals surface area contributed by atoms with Gasteiger partial charge in [0.15, 0.2) is 0 Å². The summed E-state index contributed by atoms with van der Waals surface area (Å²) in [4.78, 5) is 91.8. The van der Waals surface area contributed by atoms with Crippen LogP contribution in [0.25, 0.3) is 0 Å². The summed E-state index contributed by atoms with van der Waals surface area (Å²) in [6.07, 6.45) is 13.8. The summed E-state index contributed by atoms with van der Waals surface area (Å²) < 4.78 is 0. The summed E-state index contributed by atoms with van der Waals surface area (Å²) in [5.74, 6) is -2.37. The van der Waals surface area contributed by atoms with E-state index in [9.17, 15) is 19.2 Å². The van der Waals surface area contributed by atoms with E-state index in [1.165, 1.54) is 6.21 Å². The number of amides is 5. The number of hydrogen-bond acceptors (Lipinski definition) is 8. The number of Topliss-reactive ketones (excluding diaryl/α,β-unsaturated/α-hetero) is 1. The third kappa shape index (κ3) is 5.18. The van der Waals surface area contributed by atoms with Crippen LogP contribution in [0.15, 0.2) is 16.8 Å². The zero-order valence-electron chi connectivity index (χ0n) is 33.7. The predicted octanol–water partition coefficient (Wildman–Crippen LogP) is 2.68. The first kappa shape index (κ1) is 38.1. The fourth-order valence-electron chi connectivity index (χ4n) is 12.9. The maximum atomic E-state index is 15.7. The molecule has 0 radical (unpaired) electrons. The van der Waals surface area contributed by atoms with E-state index in [1.54, 1.807) is 20.2 Å². The van der Waals surface area contributed by atoms with Gasteiger partial charge in [0.2, 0.25) is 23.5 Å². The molecule has 10 atom stereocenters. The van der Waals surface area contributed by atoms with Gasteiger partial charge < -0.3 is 31.5 Å². The maximum absolute atomic E-state index is 15.7. The van der Waals surface area contributed by atoms with Crippen LogP contribution < -0.4 is 26.6 Å². The van der Waals surface area contributed by atoms with Crippen LogP contribution >= 0.6 is 0 Å². The van der Waals surface area contributed by atoms with Crippen LogP contribution in [0, 0.1) is 40.4 Å². The molecule has 0 aromatic carbocycles. The lowest BCUT2D eigenvalue weighted by Gasteiger charge is -2.55. The second-order valence-electron chi connectivity index (χ2n) is 19.4. The molecule has 5 N–H and O–H groups in total. The SMILES string of the molecule is CCC1C[C@]1(NC(=O)[C@]1(C)C[C@@]23CC2CCC2C4C(C)(C)C(C)(NC(=O)C(NC(=O)/C(=C/C=NC)NC)C5CCCCC5)C(=O)N1C243)C(=O)C(=O)NC1CC1. The van der Waals surface area contributed by atoms with Gasteiger partial charge in [-0.15, -0.1) is 0 Å². The highest BCUT2D eigenvalue weighted by Gasteiger charge is 2.96. The molecule has 7 unspecified atom stereocenters. The van der Waals surface area contributed by atoms with Crippen LogP contribution in [-0.4, -0.2) is 94.8 Å². The van der Waals surface area contributed by atoms with E-state index in [-0.39, 0.29) is 52.6 Å². The van der Waals surface area contributed by atoms with E-state index in [1.807, 2.05) is 25.7 Å². The van der Waals surface area contributed by atoms with Gasteiger partial charge in [-0.25, -0.2) is 0 Å². The van der Waals surface area contributed by atoms with Crippen molar-refractivity contribution in [3.63, 3.8) is 0 Å². The Morgan fingerprint density at radius 1 is 0.927 bits per heavy atom. The summed E-state index contributed by atoms with van der Waals surface area (Å²) in [6.45, 7) is 9.83. The Hall–Kier alpha value is -3.77. The van der Waals surface area contributed by atoms with Crippen LogP contribution in [0.1, 0.15) is 118 Å². The van der Waals surface area contributed by atoms with E-state index in [2.05, 4.69) is 45.4 Å². The van der Waals surface area contributed by atoms with Gasteiger partial charge in [-0.1, -0.05) is 46.5 Å². The van der Waals surface area contributed by atoms with Crippen molar-refractivity contribution in [2.45, 2.75) is 152 Å². The molecule has 300 valence electrons. The zero-order chi connectivity index (χ0) is 39.5. The van der Waals surface area contributed by atoms with Gasteiger partial charge in [0, 0.05) is 37.2 Å². The second-order valence-corrected chi connectivity index (χ2v) is 19.4. The largest absolute Gasteiger partial charge is 0.384 e. The molecule has 55 heavy (non-hydrogen) atoms. The lowest BCUT2D eigenvalue weighted by atomic mass is 9.63. The third-order valence-corrected chi connectivity index (χ3v) is 16.3. The Morgan fingerprint density at radius 2 is 1.64 bits per heavy atom. The lowest BCUT2D eigenvalue weighted by molar-refractivity contribution is -0.167. The van der Waals surface area contributed by atoms with Gasteiger partial charge >= 0.3 is 0 Å². The van der Waals surface area contributed by atoms with Crippen molar-refractivity contribution >= 4 is 41.5 Å². The summed E-state index contributed by atoms with van der Waals surface area (Å²) in [5.41, 5.74) is -5.10. The van der Waals surface area contributed by atoms with Crippen molar-refractivity contribution in [2.24, 2.45) is 45.4 Å². The van der Waals surface area contributed by atoms with E-state index in [4.69, 9.17) is 0 Å². The highest BCUT2D eigenvalue weighted by atomic mass is 16.2. The number of hydrogen-bond donors (Lipinski definition) is 5. The standard InChI is InChI=1S/C42H61N7O6/c1-8-24-21-41(24,31(50)34(53)45-26-15-16-26)48-35(54)38(4)22-40-20-25(40)14-17-27-30-37(2,3)39(5,36(55)49(38)42(27,30)40)47-33(52)29(23-12-10-9-11-13-23)46-32(51)28(44-7)18-19-43-6/h18-19,23-27,29-30,44H,8-17,20-22H2,1-7H3,(H,45,53)(H,46,51)(H,47,52)(H,48,54)/b28-18-,43-19?/t24?,25?,27?,29?,30?,38-,39?,40-,41+,42?/m0/s1. The van der Waals surface area contributed by atoms with E-state index in [0.29, 0.717) is 25.2 Å². The first-order valence-electron chi connectivity index (χ1n) is 21.0. The number of fused-ring (bicyclic) bond motifs is 1. The lowest BCUT2D eigenvalue weighted by Crippen LogP contribution is -2.76. The Bertz CT molecular complexity index is 1780. The van der Waals surface area contributed by atoms with Gasteiger partial charge in [-0.2, -0.15) is 0 Å². The number of carbonyl (C=O) groups is 6. The number of rotatable bonds is 13. The van der Waals surface area contributed by atoms with Crippen LogP contribution in [0.2, 0.25) is 0 Å². The number of likely N-dealkylation sites (N-methyl/N-ethyl adjacent to an activating group) is 1. The topological polar surface area (TPSA) is 178 Å². The van der Waals surface area contributed by atoms with Gasteiger partial charge in [0.05, 0.1) is 5.54 Å². The number of allylic oxidation sites excluding steroid dienone is 1. The molecule has 0 bridgehead atoms. The van der Waals surface area contributed by atoms with Crippen molar-refractivity contribution in [1.29, 1.82) is 0 Å². The Labute approximate surface area is 324 Å².